The van der Waals surface area contributed by atoms with Crippen molar-refractivity contribution in [1.29, 1.82) is 0 Å². The second kappa shape index (κ2) is 7.28. The van der Waals surface area contributed by atoms with Gasteiger partial charge in [0.15, 0.2) is 0 Å². The van der Waals surface area contributed by atoms with Crippen LogP contribution in [0.4, 0.5) is 0 Å². The molecule has 106 valence electrons. The third-order valence-electron chi connectivity index (χ3n) is 3.72. The van der Waals surface area contributed by atoms with Crippen molar-refractivity contribution < 1.29 is 4.74 Å². The molecule has 0 saturated carbocycles. The van der Waals surface area contributed by atoms with Crippen LogP contribution in [0.2, 0.25) is 5.02 Å². The molecule has 1 heterocycles. The normalized spacial score (nSPS) is 20.7. The highest BCUT2D eigenvalue weighted by Crippen LogP contribution is 2.23. The Balaban J connectivity index is 2.05. The van der Waals surface area contributed by atoms with Crippen LogP contribution in [0.1, 0.15) is 37.3 Å². The predicted molar refractivity (Wildman–Crippen MR) is 80.9 cm³/mol. The highest BCUT2D eigenvalue weighted by molar-refractivity contribution is 6.31. The second-order valence-corrected chi connectivity index (χ2v) is 5.82. The van der Waals surface area contributed by atoms with Crippen LogP contribution in [0, 0.1) is 6.92 Å². The fourth-order valence-electron chi connectivity index (χ4n) is 2.64. The summed E-state index contributed by atoms with van der Waals surface area (Å²) >= 11 is 6.35. The molecule has 0 spiro atoms. The predicted octanol–water partition coefficient (Wildman–Crippen LogP) is 3.74. The molecular weight excluding hydrogens is 258 g/mol. The van der Waals surface area contributed by atoms with Crippen molar-refractivity contribution in [2.45, 2.75) is 51.7 Å². The van der Waals surface area contributed by atoms with E-state index in [0.717, 1.165) is 37.4 Å². The van der Waals surface area contributed by atoms with Gasteiger partial charge in [-0.25, -0.2) is 0 Å². The van der Waals surface area contributed by atoms with E-state index in [2.05, 4.69) is 31.3 Å². The van der Waals surface area contributed by atoms with Gasteiger partial charge in [0.2, 0.25) is 0 Å². The number of ether oxygens (including phenoxy) is 1. The summed E-state index contributed by atoms with van der Waals surface area (Å²) in [6, 6.07) is 6.70. The molecule has 3 heteroatoms. The van der Waals surface area contributed by atoms with Gasteiger partial charge in [0.25, 0.3) is 0 Å². The highest BCUT2D eigenvalue weighted by atomic mass is 35.5. The Hall–Kier alpha value is -0.570. The molecule has 19 heavy (non-hydrogen) atoms. The van der Waals surface area contributed by atoms with E-state index in [1.54, 1.807) is 0 Å². The molecule has 2 atom stereocenters. The number of hydrogen-bond acceptors (Lipinski definition) is 2. The van der Waals surface area contributed by atoms with Crippen LogP contribution >= 0.6 is 11.6 Å². The molecule has 1 fully saturated rings. The maximum Gasteiger partial charge on any atom is 0.0732 e. The quantitative estimate of drug-likeness (QED) is 0.858. The lowest BCUT2D eigenvalue weighted by Gasteiger charge is -2.25. The maximum atomic E-state index is 6.35. The summed E-state index contributed by atoms with van der Waals surface area (Å²) in [7, 11) is 0. The zero-order valence-electron chi connectivity index (χ0n) is 11.9. The van der Waals surface area contributed by atoms with Crippen molar-refractivity contribution in [1.82, 2.24) is 5.32 Å². The maximum absolute atomic E-state index is 6.35. The first kappa shape index (κ1) is 14.8. The van der Waals surface area contributed by atoms with Gasteiger partial charge < -0.3 is 10.1 Å². The average Bonchev–Trinajstić information content (AvgIpc) is 2.90. The minimum absolute atomic E-state index is 0.337. The van der Waals surface area contributed by atoms with E-state index in [4.69, 9.17) is 16.3 Å². The van der Waals surface area contributed by atoms with Gasteiger partial charge in [-0.3, -0.25) is 0 Å². The van der Waals surface area contributed by atoms with Crippen molar-refractivity contribution in [3.63, 3.8) is 0 Å². The molecule has 1 aliphatic heterocycles. The van der Waals surface area contributed by atoms with E-state index in [9.17, 15) is 0 Å². The Labute approximate surface area is 121 Å². The number of halogens is 1. The minimum Gasteiger partial charge on any atom is -0.377 e. The van der Waals surface area contributed by atoms with Crippen molar-refractivity contribution in [3.05, 3.63) is 34.3 Å². The van der Waals surface area contributed by atoms with Crippen molar-refractivity contribution in [2.24, 2.45) is 0 Å². The molecule has 0 aromatic heterocycles. The summed E-state index contributed by atoms with van der Waals surface area (Å²) in [4.78, 5) is 0. The van der Waals surface area contributed by atoms with Crippen molar-refractivity contribution >= 4 is 11.6 Å². The van der Waals surface area contributed by atoms with E-state index in [1.165, 1.54) is 17.5 Å². The average molecular weight is 282 g/mol. The molecule has 2 unspecified atom stereocenters. The summed E-state index contributed by atoms with van der Waals surface area (Å²) in [5.41, 5.74) is 2.43. The Morgan fingerprint density at radius 2 is 2.32 bits per heavy atom. The number of rotatable bonds is 6. The molecule has 2 nitrogen and oxygen atoms in total. The number of benzene rings is 1. The summed E-state index contributed by atoms with van der Waals surface area (Å²) < 4.78 is 5.84. The van der Waals surface area contributed by atoms with Gasteiger partial charge in [0.05, 0.1) is 6.10 Å². The van der Waals surface area contributed by atoms with E-state index in [0.29, 0.717) is 12.1 Å². The topological polar surface area (TPSA) is 21.3 Å². The largest absolute Gasteiger partial charge is 0.377 e. The Bertz CT molecular complexity index is 402. The standard InChI is InChI=1S/C16H24ClNO/c1-3-8-18-15(16-5-4-9-19-16)11-13-7-6-12(2)10-14(13)17/h6-7,10,15-16,18H,3-5,8-9,11H2,1-2H3. The Morgan fingerprint density at radius 1 is 1.47 bits per heavy atom. The van der Waals surface area contributed by atoms with Crippen LogP contribution in [0.25, 0.3) is 0 Å². The van der Waals surface area contributed by atoms with Gasteiger partial charge in [-0.2, -0.15) is 0 Å². The molecule has 0 radical (unpaired) electrons. The van der Waals surface area contributed by atoms with Crippen LogP contribution in [0.5, 0.6) is 0 Å². The lowest BCUT2D eigenvalue weighted by Crippen LogP contribution is -2.41. The first-order valence-electron chi connectivity index (χ1n) is 7.30. The minimum atomic E-state index is 0.337. The first-order chi connectivity index (χ1) is 9.20. The summed E-state index contributed by atoms with van der Waals surface area (Å²) in [6.07, 6.45) is 4.76. The van der Waals surface area contributed by atoms with Gasteiger partial charge in [-0.15, -0.1) is 0 Å². The zero-order valence-corrected chi connectivity index (χ0v) is 12.7. The summed E-state index contributed by atoms with van der Waals surface area (Å²) in [5.74, 6) is 0. The van der Waals surface area contributed by atoms with Gasteiger partial charge in [-0.1, -0.05) is 30.7 Å². The molecule has 1 saturated heterocycles. The van der Waals surface area contributed by atoms with Crippen LogP contribution in [0.3, 0.4) is 0 Å². The first-order valence-corrected chi connectivity index (χ1v) is 7.68. The molecule has 0 bridgehead atoms. The van der Waals surface area contributed by atoms with Gasteiger partial charge in [0, 0.05) is 17.7 Å². The van der Waals surface area contributed by atoms with Gasteiger partial charge in [0.1, 0.15) is 0 Å². The molecule has 1 aliphatic rings. The SMILES string of the molecule is CCCNC(Cc1ccc(C)cc1Cl)C1CCCO1. The van der Waals surface area contributed by atoms with Crippen molar-refractivity contribution in [2.75, 3.05) is 13.2 Å². The monoisotopic (exact) mass is 281 g/mol. The van der Waals surface area contributed by atoms with Crippen LogP contribution < -0.4 is 5.32 Å². The second-order valence-electron chi connectivity index (χ2n) is 5.41. The number of nitrogens with one attached hydrogen (secondary N) is 1. The van der Waals surface area contributed by atoms with Crippen LogP contribution in [0.15, 0.2) is 18.2 Å². The Kier molecular flexibility index (Phi) is 5.68. The molecule has 1 N–H and O–H groups in total. The molecular formula is C16H24ClNO. The summed E-state index contributed by atoms with van der Waals surface area (Å²) in [5, 5.41) is 4.49. The number of aryl methyl sites for hydroxylation is 1. The molecule has 1 aromatic carbocycles. The van der Waals surface area contributed by atoms with Gasteiger partial charge in [-0.05, 0) is 56.3 Å². The summed E-state index contributed by atoms with van der Waals surface area (Å²) in [6.45, 7) is 6.20. The smallest absolute Gasteiger partial charge is 0.0732 e. The molecule has 2 rings (SSSR count). The third-order valence-corrected chi connectivity index (χ3v) is 4.07. The molecule has 0 amide bonds. The van der Waals surface area contributed by atoms with E-state index in [1.807, 2.05) is 6.07 Å². The molecule has 0 aliphatic carbocycles. The van der Waals surface area contributed by atoms with Crippen molar-refractivity contribution in [3.8, 4) is 0 Å². The molecule has 1 aromatic rings. The van der Waals surface area contributed by atoms with E-state index >= 15 is 0 Å². The fourth-order valence-corrected chi connectivity index (χ4v) is 2.95. The lowest BCUT2D eigenvalue weighted by atomic mass is 9.98. The van der Waals surface area contributed by atoms with E-state index in [-0.39, 0.29) is 0 Å². The van der Waals surface area contributed by atoms with Crippen LogP contribution in [-0.4, -0.2) is 25.3 Å². The lowest BCUT2D eigenvalue weighted by molar-refractivity contribution is 0.0784. The Morgan fingerprint density at radius 3 is 2.95 bits per heavy atom. The fraction of sp³-hybridized carbons (Fsp3) is 0.625. The van der Waals surface area contributed by atoms with Gasteiger partial charge >= 0.3 is 0 Å². The number of hydrogen-bond donors (Lipinski definition) is 1. The van der Waals surface area contributed by atoms with E-state index < -0.39 is 0 Å². The zero-order chi connectivity index (χ0) is 13.7. The third kappa shape index (κ3) is 4.20. The highest BCUT2D eigenvalue weighted by Gasteiger charge is 2.26. The van der Waals surface area contributed by atoms with Crippen LogP contribution in [-0.2, 0) is 11.2 Å².